The van der Waals surface area contributed by atoms with Gasteiger partial charge < -0.3 is 0 Å². The van der Waals surface area contributed by atoms with Gasteiger partial charge in [0.15, 0.2) is 0 Å². The van der Waals surface area contributed by atoms with Crippen LogP contribution in [0.1, 0.15) is 16.0 Å². The third-order valence-corrected chi connectivity index (χ3v) is 6.23. The average Bonchev–Trinajstić information content (AvgIpc) is 3.12. The number of nitriles is 1. The van der Waals surface area contributed by atoms with Crippen molar-refractivity contribution in [1.29, 1.82) is 5.26 Å². The highest BCUT2D eigenvalue weighted by Crippen LogP contribution is 2.32. The summed E-state index contributed by atoms with van der Waals surface area (Å²) in [6.07, 6.45) is -4.54. The average molecular weight is 422 g/mol. The molecule has 0 unspecified atom stereocenters. The first-order valence-electron chi connectivity index (χ1n) is 7.90. The molecule has 0 radical (unpaired) electrons. The molecule has 1 aromatic heterocycles. The van der Waals surface area contributed by atoms with Gasteiger partial charge in [0.1, 0.15) is 10.9 Å². The summed E-state index contributed by atoms with van der Waals surface area (Å²) in [5, 5.41) is 10.7. The fraction of sp³-hybridized carbons (Fsp3) is 0.105. The Morgan fingerprint density at radius 2 is 1.71 bits per heavy atom. The molecule has 3 aromatic rings. The molecule has 1 heterocycles. The second kappa shape index (κ2) is 7.30. The Morgan fingerprint density at radius 1 is 1.04 bits per heavy atom. The van der Waals surface area contributed by atoms with Gasteiger partial charge in [-0.1, -0.05) is 12.1 Å². The van der Waals surface area contributed by atoms with Crippen molar-refractivity contribution in [3.8, 4) is 17.2 Å². The van der Waals surface area contributed by atoms with Crippen molar-refractivity contribution in [2.75, 3.05) is 4.72 Å². The molecule has 4 nitrogen and oxygen atoms in total. The van der Waals surface area contributed by atoms with E-state index in [2.05, 4.69) is 4.72 Å². The van der Waals surface area contributed by atoms with E-state index < -0.39 is 21.8 Å². The minimum absolute atomic E-state index is 0.271. The number of halogens is 3. The van der Waals surface area contributed by atoms with Crippen LogP contribution in [0.15, 0.2) is 58.8 Å². The molecule has 28 heavy (non-hydrogen) atoms. The van der Waals surface area contributed by atoms with E-state index in [1.165, 1.54) is 11.3 Å². The largest absolute Gasteiger partial charge is 0.416 e. The maximum Gasteiger partial charge on any atom is 0.416 e. The summed E-state index contributed by atoms with van der Waals surface area (Å²) >= 11 is 1.28. The Morgan fingerprint density at radius 3 is 2.29 bits per heavy atom. The summed E-state index contributed by atoms with van der Waals surface area (Å²) in [5.41, 5.74) is 1.53. The number of hydrogen-bond donors (Lipinski definition) is 1. The van der Waals surface area contributed by atoms with E-state index in [9.17, 15) is 21.6 Å². The SMILES string of the molecule is Cc1ccc(-c2csc(C#N)c2)cc1NS(=O)(=O)c1ccc(C(F)(F)F)cc1. The molecular weight excluding hydrogens is 409 g/mol. The Kier molecular flexibility index (Phi) is 5.19. The Balaban J connectivity index is 1.92. The van der Waals surface area contributed by atoms with Gasteiger partial charge in [-0.15, -0.1) is 11.3 Å². The van der Waals surface area contributed by atoms with Crippen LogP contribution < -0.4 is 4.72 Å². The van der Waals surface area contributed by atoms with Gasteiger partial charge in [-0.25, -0.2) is 8.42 Å². The molecule has 0 spiro atoms. The first-order valence-corrected chi connectivity index (χ1v) is 10.3. The van der Waals surface area contributed by atoms with E-state index in [-0.39, 0.29) is 4.90 Å². The van der Waals surface area contributed by atoms with Crippen LogP contribution in [0.5, 0.6) is 0 Å². The lowest BCUT2D eigenvalue weighted by molar-refractivity contribution is -0.137. The fourth-order valence-corrected chi connectivity index (χ4v) is 4.31. The molecular formula is C19H13F3N2O2S2. The van der Waals surface area contributed by atoms with Crippen LogP contribution in [0.4, 0.5) is 18.9 Å². The quantitative estimate of drug-likeness (QED) is 0.611. The highest BCUT2D eigenvalue weighted by molar-refractivity contribution is 7.92. The van der Waals surface area contributed by atoms with Gasteiger partial charge in [-0.3, -0.25) is 4.72 Å². The number of hydrogen-bond acceptors (Lipinski definition) is 4. The van der Waals surface area contributed by atoms with Crippen LogP contribution in [0.25, 0.3) is 11.1 Å². The monoisotopic (exact) mass is 422 g/mol. The first-order chi connectivity index (χ1) is 13.1. The van der Waals surface area contributed by atoms with Gasteiger partial charge in [-0.2, -0.15) is 18.4 Å². The molecule has 0 saturated heterocycles. The molecule has 0 amide bonds. The predicted octanol–water partition coefficient (Wildman–Crippen LogP) is 5.41. The summed E-state index contributed by atoms with van der Waals surface area (Å²) in [7, 11) is -4.06. The number of alkyl halides is 3. The third-order valence-electron chi connectivity index (χ3n) is 4.02. The molecule has 0 bridgehead atoms. The standard InChI is InChI=1S/C19H13F3N2O2S2/c1-12-2-3-13(14-8-16(10-23)27-11-14)9-18(12)24-28(25,26)17-6-4-15(5-7-17)19(20,21)22/h2-9,11,24H,1H3. The lowest BCUT2D eigenvalue weighted by Crippen LogP contribution is -2.14. The maximum absolute atomic E-state index is 12.7. The summed E-state index contributed by atoms with van der Waals surface area (Å²) < 4.78 is 65.6. The molecule has 0 saturated carbocycles. The van der Waals surface area contributed by atoms with Crippen molar-refractivity contribution < 1.29 is 21.6 Å². The number of benzene rings is 2. The van der Waals surface area contributed by atoms with E-state index in [4.69, 9.17) is 5.26 Å². The van der Waals surface area contributed by atoms with Crippen LogP contribution in [0.3, 0.4) is 0 Å². The van der Waals surface area contributed by atoms with Crippen molar-refractivity contribution in [1.82, 2.24) is 0 Å². The molecule has 9 heteroatoms. The zero-order chi connectivity index (χ0) is 20.5. The molecule has 0 aliphatic carbocycles. The number of thiophene rings is 1. The maximum atomic E-state index is 12.7. The zero-order valence-corrected chi connectivity index (χ0v) is 16.0. The summed E-state index contributed by atoms with van der Waals surface area (Å²) in [5.74, 6) is 0. The normalized spacial score (nSPS) is 11.8. The predicted molar refractivity (Wildman–Crippen MR) is 101 cm³/mol. The van der Waals surface area contributed by atoms with Crippen molar-refractivity contribution >= 4 is 27.0 Å². The van der Waals surface area contributed by atoms with Crippen LogP contribution in [-0.4, -0.2) is 8.42 Å². The number of sulfonamides is 1. The molecule has 0 aliphatic rings. The Hall–Kier alpha value is -2.83. The third kappa shape index (κ3) is 4.18. The highest BCUT2D eigenvalue weighted by Gasteiger charge is 2.30. The van der Waals surface area contributed by atoms with Gasteiger partial charge in [0, 0.05) is 0 Å². The Bertz CT molecular complexity index is 1160. The van der Waals surface area contributed by atoms with Crippen LogP contribution in [0, 0.1) is 18.3 Å². The lowest BCUT2D eigenvalue weighted by atomic mass is 10.1. The minimum atomic E-state index is -4.54. The van der Waals surface area contributed by atoms with E-state index in [0.717, 1.165) is 29.8 Å². The first kappa shape index (κ1) is 19.9. The van der Waals surface area contributed by atoms with Gasteiger partial charge >= 0.3 is 6.18 Å². The second-order valence-electron chi connectivity index (χ2n) is 5.97. The topological polar surface area (TPSA) is 70.0 Å². The molecule has 3 rings (SSSR count). The van der Waals surface area contributed by atoms with Crippen LogP contribution >= 0.6 is 11.3 Å². The van der Waals surface area contributed by atoms with Crippen molar-refractivity contribution in [3.05, 3.63) is 69.9 Å². The van der Waals surface area contributed by atoms with Gasteiger partial charge in [0.2, 0.25) is 0 Å². The zero-order valence-electron chi connectivity index (χ0n) is 14.4. The van der Waals surface area contributed by atoms with Crippen molar-refractivity contribution in [2.45, 2.75) is 18.0 Å². The number of anilines is 1. The molecule has 2 aromatic carbocycles. The van der Waals surface area contributed by atoms with E-state index >= 15 is 0 Å². The fourth-order valence-electron chi connectivity index (χ4n) is 2.48. The van der Waals surface area contributed by atoms with E-state index in [1.807, 2.05) is 6.07 Å². The molecule has 144 valence electrons. The van der Waals surface area contributed by atoms with E-state index in [1.54, 1.807) is 36.6 Å². The lowest BCUT2D eigenvalue weighted by Gasteiger charge is -2.13. The number of nitrogens with zero attached hydrogens (tertiary/aromatic N) is 1. The highest BCUT2D eigenvalue weighted by atomic mass is 32.2. The summed E-state index contributed by atoms with van der Waals surface area (Å²) in [6, 6.07) is 12.2. The number of nitrogens with one attached hydrogen (secondary N) is 1. The summed E-state index contributed by atoms with van der Waals surface area (Å²) in [4.78, 5) is 0.259. The van der Waals surface area contributed by atoms with Gasteiger partial charge in [-0.05, 0) is 65.4 Å². The van der Waals surface area contributed by atoms with Gasteiger partial charge in [0.05, 0.1) is 16.1 Å². The molecule has 1 N–H and O–H groups in total. The number of aryl methyl sites for hydroxylation is 1. The van der Waals surface area contributed by atoms with Crippen molar-refractivity contribution in [2.24, 2.45) is 0 Å². The molecule has 0 aliphatic heterocycles. The minimum Gasteiger partial charge on any atom is -0.279 e. The summed E-state index contributed by atoms with van der Waals surface area (Å²) in [6.45, 7) is 1.71. The Labute approximate surface area is 163 Å². The van der Waals surface area contributed by atoms with Gasteiger partial charge in [0.25, 0.3) is 10.0 Å². The molecule has 0 atom stereocenters. The molecule has 0 fully saturated rings. The number of rotatable bonds is 4. The van der Waals surface area contributed by atoms with Crippen molar-refractivity contribution in [3.63, 3.8) is 0 Å². The smallest absolute Gasteiger partial charge is 0.279 e. The van der Waals surface area contributed by atoms with Crippen LogP contribution in [-0.2, 0) is 16.2 Å². The van der Waals surface area contributed by atoms with Crippen LogP contribution in [0.2, 0.25) is 0 Å². The van der Waals surface area contributed by atoms with E-state index in [0.29, 0.717) is 21.7 Å². The second-order valence-corrected chi connectivity index (χ2v) is 8.56.